The van der Waals surface area contributed by atoms with Crippen molar-refractivity contribution in [2.45, 2.75) is 19.1 Å². The van der Waals surface area contributed by atoms with Crippen molar-refractivity contribution in [3.63, 3.8) is 0 Å². The fourth-order valence-corrected chi connectivity index (χ4v) is 2.64. The summed E-state index contributed by atoms with van der Waals surface area (Å²) in [7, 11) is 0. The van der Waals surface area contributed by atoms with Crippen molar-refractivity contribution in [3.8, 4) is 0 Å². The summed E-state index contributed by atoms with van der Waals surface area (Å²) in [5.41, 5.74) is 0.979. The minimum atomic E-state index is -0.678. The maximum atomic E-state index is 11.7. The van der Waals surface area contributed by atoms with Gasteiger partial charge in [0.05, 0.1) is 0 Å². The topological polar surface area (TPSA) is 46.6 Å². The number of carbonyl (C=O) groups excluding carboxylic acids is 2. The second kappa shape index (κ2) is 4.79. The Hall–Kier alpha value is -1.49. The first-order valence-corrected chi connectivity index (χ1v) is 6.42. The van der Waals surface area contributed by atoms with Crippen LogP contribution in [0.5, 0.6) is 0 Å². The molecule has 1 amide bonds. The third-order valence-corrected chi connectivity index (χ3v) is 3.43. The molecular formula is C12H13NO3S. The minimum absolute atomic E-state index is 0.151. The third-order valence-electron chi connectivity index (χ3n) is 2.63. The number of esters is 1. The minimum Gasteiger partial charge on any atom is -0.450 e. The summed E-state index contributed by atoms with van der Waals surface area (Å²) in [5, 5.41) is 0. The molecule has 90 valence electrons. The van der Waals surface area contributed by atoms with Crippen molar-refractivity contribution in [2.24, 2.45) is 0 Å². The van der Waals surface area contributed by atoms with Crippen LogP contribution >= 0.6 is 11.9 Å². The summed E-state index contributed by atoms with van der Waals surface area (Å²) >= 11 is 1.35. The van der Waals surface area contributed by atoms with E-state index in [9.17, 15) is 9.59 Å². The van der Waals surface area contributed by atoms with Crippen molar-refractivity contribution in [1.29, 1.82) is 0 Å². The molecule has 1 saturated heterocycles. The monoisotopic (exact) mass is 251 g/mol. The molecule has 1 aromatic rings. The molecule has 1 aliphatic heterocycles. The Morgan fingerprint density at radius 1 is 1.35 bits per heavy atom. The van der Waals surface area contributed by atoms with Gasteiger partial charge in [-0.25, -0.2) is 0 Å². The highest BCUT2D eigenvalue weighted by Gasteiger charge is 2.50. The lowest BCUT2D eigenvalue weighted by Gasteiger charge is -2.44. The Morgan fingerprint density at radius 3 is 2.53 bits per heavy atom. The number of ether oxygens (including phenoxy) is 1. The van der Waals surface area contributed by atoms with Crippen LogP contribution < -0.4 is 0 Å². The molecule has 2 atom stereocenters. The summed E-state index contributed by atoms with van der Waals surface area (Å²) in [4.78, 5) is 22.7. The molecule has 1 aromatic carbocycles. The number of hydrogen-bond acceptors (Lipinski definition) is 4. The molecule has 0 saturated carbocycles. The average molecular weight is 251 g/mol. The van der Waals surface area contributed by atoms with Gasteiger partial charge >= 0.3 is 5.97 Å². The molecule has 1 fully saturated rings. The van der Waals surface area contributed by atoms with Gasteiger partial charge < -0.3 is 4.74 Å². The lowest BCUT2D eigenvalue weighted by Crippen LogP contribution is -2.56. The van der Waals surface area contributed by atoms with E-state index >= 15 is 0 Å². The highest BCUT2D eigenvalue weighted by Crippen LogP contribution is 2.40. The number of nitrogens with zero attached hydrogens (tertiary/aromatic N) is 1. The van der Waals surface area contributed by atoms with Gasteiger partial charge in [0.1, 0.15) is 6.04 Å². The number of β-lactam (4-membered cyclic amide) rings is 1. The number of carbonyl (C=O) groups is 2. The quantitative estimate of drug-likeness (QED) is 0.467. The molecule has 0 bridgehead atoms. The Kier molecular flexibility index (Phi) is 3.38. The van der Waals surface area contributed by atoms with Crippen LogP contribution in [-0.2, 0) is 14.3 Å². The first-order chi connectivity index (χ1) is 8.15. The Morgan fingerprint density at radius 2 is 2.00 bits per heavy atom. The van der Waals surface area contributed by atoms with E-state index in [-0.39, 0.29) is 11.9 Å². The summed E-state index contributed by atoms with van der Waals surface area (Å²) in [5.74, 6) is -0.577. The second-order valence-electron chi connectivity index (χ2n) is 3.73. The van der Waals surface area contributed by atoms with E-state index < -0.39 is 12.1 Å². The van der Waals surface area contributed by atoms with Crippen LogP contribution in [0, 0.1) is 0 Å². The fourth-order valence-electron chi connectivity index (χ4n) is 1.90. The Labute approximate surface area is 104 Å². The van der Waals surface area contributed by atoms with Crippen LogP contribution in [0.3, 0.4) is 0 Å². The van der Waals surface area contributed by atoms with E-state index in [4.69, 9.17) is 4.74 Å². The molecule has 17 heavy (non-hydrogen) atoms. The van der Waals surface area contributed by atoms with Crippen LogP contribution in [-0.4, -0.2) is 28.5 Å². The Balaban J connectivity index is 2.23. The molecular weight excluding hydrogens is 238 g/mol. The van der Waals surface area contributed by atoms with Crippen molar-refractivity contribution in [2.75, 3.05) is 6.26 Å². The maximum Gasteiger partial charge on any atom is 0.303 e. The fraction of sp³-hybridized carbons (Fsp3) is 0.333. The van der Waals surface area contributed by atoms with E-state index in [0.717, 1.165) is 5.56 Å². The van der Waals surface area contributed by atoms with Crippen LogP contribution in [0.2, 0.25) is 0 Å². The van der Waals surface area contributed by atoms with Crippen molar-refractivity contribution in [3.05, 3.63) is 35.9 Å². The number of hydrogen-bond donors (Lipinski definition) is 0. The number of benzene rings is 1. The zero-order chi connectivity index (χ0) is 12.4. The van der Waals surface area contributed by atoms with Crippen LogP contribution in [0.25, 0.3) is 0 Å². The molecule has 0 unspecified atom stereocenters. The van der Waals surface area contributed by atoms with Gasteiger partial charge in [0.15, 0.2) is 0 Å². The van der Waals surface area contributed by atoms with Gasteiger partial charge in [0.25, 0.3) is 5.91 Å². The molecule has 2 rings (SSSR count). The summed E-state index contributed by atoms with van der Waals surface area (Å²) in [6.07, 6.45) is 1.15. The number of rotatable bonds is 3. The van der Waals surface area contributed by atoms with Gasteiger partial charge in [0.2, 0.25) is 6.10 Å². The van der Waals surface area contributed by atoms with E-state index in [1.165, 1.54) is 18.9 Å². The summed E-state index contributed by atoms with van der Waals surface area (Å²) < 4.78 is 6.68. The SMILES string of the molecule is CSN1C(=O)[C@@H](OC(C)=O)[C@H]1c1ccccc1. The predicted molar refractivity (Wildman–Crippen MR) is 65.1 cm³/mol. The molecule has 0 spiro atoms. The smallest absolute Gasteiger partial charge is 0.303 e. The van der Waals surface area contributed by atoms with Gasteiger partial charge in [-0.15, -0.1) is 0 Å². The average Bonchev–Trinajstić information content (AvgIpc) is 2.33. The molecule has 0 aliphatic carbocycles. The van der Waals surface area contributed by atoms with Gasteiger partial charge in [0, 0.05) is 13.2 Å². The zero-order valence-corrected chi connectivity index (χ0v) is 10.4. The Bertz CT molecular complexity index is 435. The van der Waals surface area contributed by atoms with Gasteiger partial charge in [-0.05, 0) is 5.56 Å². The van der Waals surface area contributed by atoms with Gasteiger partial charge in [-0.3, -0.25) is 13.9 Å². The summed E-state index contributed by atoms with van der Waals surface area (Å²) in [6.45, 7) is 1.32. The molecule has 5 heteroatoms. The lowest BCUT2D eigenvalue weighted by atomic mass is 9.94. The van der Waals surface area contributed by atoms with Crippen LogP contribution in [0.15, 0.2) is 30.3 Å². The molecule has 4 nitrogen and oxygen atoms in total. The molecule has 0 aromatic heterocycles. The lowest BCUT2D eigenvalue weighted by molar-refractivity contribution is -0.173. The van der Waals surface area contributed by atoms with E-state index in [1.54, 1.807) is 4.31 Å². The normalized spacial score (nSPS) is 23.2. The highest BCUT2D eigenvalue weighted by atomic mass is 32.2. The second-order valence-corrected chi connectivity index (χ2v) is 4.49. The first kappa shape index (κ1) is 12.0. The van der Waals surface area contributed by atoms with Crippen LogP contribution in [0.1, 0.15) is 18.5 Å². The predicted octanol–water partition coefficient (Wildman–Crippen LogP) is 1.78. The van der Waals surface area contributed by atoms with Crippen molar-refractivity contribution < 1.29 is 14.3 Å². The molecule has 0 radical (unpaired) electrons. The summed E-state index contributed by atoms with van der Waals surface area (Å²) in [6, 6.07) is 9.40. The van der Waals surface area contributed by atoms with E-state index in [2.05, 4.69) is 0 Å². The molecule has 1 heterocycles. The zero-order valence-electron chi connectivity index (χ0n) is 9.62. The van der Waals surface area contributed by atoms with Crippen LogP contribution in [0.4, 0.5) is 0 Å². The third kappa shape index (κ3) is 2.15. The molecule has 0 N–H and O–H groups in total. The van der Waals surface area contributed by atoms with Crippen molar-refractivity contribution in [1.82, 2.24) is 4.31 Å². The molecule has 1 aliphatic rings. The highest BCUT2D eigenvalue weighted by molar-refractivity contribution is 7.96. The van der Waals surface area contributed by atoms with Crippen molar-refractivity contribution >= 4 is 23.8 Å². The van der Waals surface area contributed by atoms with E-state index in [0.29, 0.717) is 0 Å². The number of amides is 1. The first-order valence-electron chi connectivity index (χ1n) is 5.24. The maximum absolute atomic E-state index is 11.7. The standard InChI is InChI=1S/C12H13NO3S/c1-8(14)16-11-10(13(17-2)12(11)15)9-6-4-3-5-7-9/h3-7,10-11H,1-2H3/t10-,11+/m1/s1. The van der Waals surface area contributed by atoms with Gasteiger partial charge in [-0.1, -0.05) is 42.3 Å². The largest absolute Gasteiger partial charge is 0.450 e. The van der Waals surface area contributed by atoms with E-state index in [1.807, 2.05) is 36.6 Å². The van der Waals surface area contributed by atoms with Gasteiger partial charge in [-0.2, -0.15) is 0 Å².